The number of benzene rings is 4. The number of nitriles is 1. The molecule has 5 rings (SSSR count). The van der Waals surface area contributed by atoms with Crippen molar-refractivity contribution in [2.45, 2.75) is 0 Å². The summed E-state index contributed by atoms with van der Waals surface area (Å²) in [4.78, 5) is 2.22. The molecule has 1 aliphatic heterocycles. The van der Waals surface area contributed by atoms with Crippen LogP contribution < -0.4 is 9.64 Å². The van der Waals surface area contributed by atoms with Gasteiger partial charge in [0.2, 0.25) is 0 Å². The summed E-state index contributed by atoms with van der Waals surface area (Å²) >= 11 is 0. The Bertz CT molecular complexity index is 1140. The molecule has 132 valence electrons. The molecule has 3 nitrogen and oxygen atoms in total. The highest BCUT2D eigenvalue weighted by Crippen LogP contribution is 2.50. The number of fused-ring (bicyclic) bond motifs is 2. The summed E-state index contributed by atoms with van der Waals surface area (Å²) in [6.45, 7) is 0. The van der Waals surface area contributed by atoms with E-state index < -0.39 is 0 Å². The number of hydrogen-bond donors (Lipinski definition) is 0. The molecule has 0 atom stereocenters. The van der Waals surface area contributed by atoms with Crippen molar-refractivity contribution in [2.75, 3.05) is 4.90 Å². The summed E-state index contributed by atoms with van der Waals surface area (Å²) in [7, 11) is 0. The molecule has 0 aromatic heterocycles. The van der Waals surface area contributed by atoms with Crippen molar-refractivity contribution >= 4 is 17.1 Å². The predicted octanol–water partition coefficient (Wildman–Crippen LogP) is 6.80. The molecule has 0 fully saturated rings. The molecule has 0 aliphatic carbocycles. The third-order valence-electron chi connectivity index (χ3n) is 4.91. The fourth-order valence-electron chi connectivity index (χ4n) is 3.52. The Morgan fingerprint density at radius 1 is 0.607 bits per heavy atom. The Balaban J connectivity index is 1.57. The highest BCUT2D eigenvalue weighted by atomic mass is 16.5. The molecule has 1 heterocycles. The maximum absolute atomic E-state index is 8.97. The maximum atomic E-state index is 8.97. The van der Waals surface area contributed by atoms with Crippen LogP contribution in [0.1, 0.15) is 5.56 Å². The molecule has 1 aliphatic rings. The Morgan fingerprint density at radius 2 is 1.11 bits per heavy atom. The molecule has 0 saturated heterocycles. The van der Waals surface area contributed by atoms with Gasteiger partial charge in [-0.1, -0.05) is 48.5 Å². The van der Waals surface area contributed by atoms with Crippen molar-refractivity contribution < 1.29 is 4.74 Å². The van der Waals surface area contributed by atoms with Crippen LogP contribution in [-0.2, 0) is 0 Å². The normalized spacial score (nSPS) is 11.8. The summed E-state index contributed by atoms with van der Waals surface area (Å²) in [6.07, 6.45) is 0. The van der Waals surface area contributed by atoms with Crippen LogP contribution in [0.5, 0.6) is 11.5 Å². The van der Waals surface area contributed by atoms with E-state index in [1.807, 2.05) is 60.7 Å². The van der Waals surface area contributed by atoms with Crippen LogP contribution in [0, 0.1) is 11.3 Å². The highest BCUT2D eigenvalue weighted by molar-refractivity contribution is 5.86. The van der Waals surface area contributed by atoms with E-state index in [1.165, 1.54) is 0 Å². The van der Waals surface area contributed by atoms with Crippen LogP contribution in [-0.4, -0.2) is 0 Å². The van der Waals surface area contributed by atoms with E-state index in [4.69, 9.17) is 10.00 Å². The van der Waals surface area contributed by atoms with E-state index in [1.54, 1.807) is 0 Å². The third-order valence-corrected chi connectivity index (χ3v) is 4.91. The van der Waals surface area contributed by atoms with E-state index in [2.05, 4.69) is 47.4 Å². The highest BCUT2D eigenvalue weighted by Gasteiger charge is 2.24. The molecule has 0 saturated carbocycles. The minimum Gasteiger partial charge on any atom is -0.453 e. The lowest BCUT2D eigenvalue weighted by atomic mass is 10.0. The number of rotatable bonds is 2. The molecule has 4 aromatic carbocycles. The zero-order valence-electron chi connectivity index (χ0n) is 15.0. The van der Waals surface area contributed by atoms with Crippen LogP contribution in [0.3, 0.4) is 0 Å². The second kappa shape index (κ2) is 6.61. The van der Waals surface area contributed by atoms with Gasteiger partial charge >= 0.3 is 0 Å². The standard InChI is InChI=1S/C25H16N2O/c26-17-18-9-11-19(12-10-18)20-13-15-21(16-14-20)27-22-5-1-3-7-24(22)28-25-8-4-2-6-23(25)27/h1-16H. The van der Waals surface area contributed by atoms with Crippen LogP contribution in [0.15, 0.2) is 97.1 Å². The predicted molar refractivity (Wildman–Crippen MR) is 111 cm³/mol. The van der Waals surface area contributed by atoms with Crippen LogP contribution in [0.25, 0.3) is 11.1 Å². The molecule has 3 heteroatoms. The van der Waals surface area contributed by atoms with Crippen molar-refractivity contribution in [3.05, 3.63) is 103 Å². The fourth-order valence-corrected chi connectivity index (χ4v) is 3.52. The van der Waals surface area contributed by atoms with Gasteiger partial charge in [-0.15, -0.1) is 0 Å². The average Bonchev–Trinajstić information content (AvgIpc) is 2.77. The van der Waals surface area contributed by atoms with E-state index in [-0.39, 0.29) is 0 Å². The second-order valence-corrected chi connectivity index (χ2v) is 6.61. The van der Waals surface area contributed by atoms with Crippen molar-refractivity contribution in [3.63, 3.8) is 0 Å². The second-order valence-electron chi connectivity index (χ2n) is 6.61. The van der Waals surface area contributed by atoms with Gasteiger partial charge in [0, 0.05) is 5.69 Å². The number of nitrogens with zero attached hydrogens (tertiary/aromatic N) is 2. The molecule has 0 spiro atoms. The topological polar surface area (TPSA) is 36.3 Å². The Labute approximate surface area is 163 Å². The van der Waals surface area contributed by atoms with Gasteiger partial charge in [-0.05, 0) is 59.7 Å². The molecule has 0 bridgehead atoms. The van der Waals surface area contributed by atoms with Crippen LogP contribution >= 0.6 is 0 Å². The maximum Gasteiger partial charge on any atom is 0.151 e. The zero-order chi connectivity index (χ0) is 18.9. The van der Waals surface area contributed by atoms with E-state index in [9.17, 15) is 0 Å². The first-order valence-electron chi connectivity index (χ1n) is 9.10. The summed E-state index contributed by atoms with van der Waals surface area (Å²) < 4.78 is 6.08. The first-order chi connectivity index (χ1) is 13.8. The largest absolute Gasteiger partial charge is 0.453 e. The Morgan fingerprint density at radius 3 is 1.64 bits per heavy atom. The molecule has 0 N–H and O–H groups in total. The molecule has 0 unspecified atom stereocenters. The summed E-state index contributed by atoms with van der Waals surface area (Å²) in [5.74, 6) is 1.69. The lowest BCUT2D eigenvalue weighted by molar-refractivity contribution is 0.477. The lowest BCUT2D eigenvalue weighted by Gasteiger charge is -2.32. The van der Waals surface area contributed by atoms with Crippen molar-refractivity contribution in [1.82, 2.24) is 0 Å². The minimum absolute atomic E-state index is 0.668. The van der Waals surface area contributed by atoms with E-state index in [0.29, 0.717) is 5.56 Å². The Hall–Kier alpha value is -4.03. The van der Waals surface area contributed by atoms with E-state index in [0.717, 1.165) is 39.7 Å². The van der Waals surface area contributed by atoms with Gasteiger partial charge in [0.1, 0.15) is 0 Å². The number of hydrogen-bond acceptors (Lipinski definition) is 3. The average molecular weight is 360 g/mol. The van der Waals surface area contributed by atoms with Gasteiger partial charge in [0.05, 0.1) is 23.0 Å². The number of ether oxygens (including phenoxy) is 1. The molecule has 28 heavy (non-hydrogen) atoms. The number of para-hydroxylation sites is 4. The van der Waals surface area contributed by atoms with Gasteiger partial charge in [-0.3, -0.25) is 0 Å². The molecule has 0 radical (unpaired) electrons. The molecular weight excluding hydrogens is 344 g/mol. The zero-order valence-corrected chi connectivity index (χ0v) is 15.0. The van der Waals surface area contributed by atoms with Gasteiger partial charge in [0.15, 0.2) is 11.5 Å². The minimum atomic E-state index is 0.668. The Kier molecular flexibility index (Phi) is 3.81. The quantitative estimate of drug-likeness (QED) is 0.347. The van der Waals surface area contributed by atoms with E-state index >= 15 is 0 Å². The van der Waals surface area contributed by atoms with Crippen LogP contribution in [0.4, 0.5) is 17.1 Å². The first kappa shape index (κ1) is 16.2. The first-order valence-corrected chi connectivity index (χ1v) is 9.10. The SMILES string of the molecule is N#Cc1ccc(-c2ccc(N3c4ccccc4Oc4ccccc43)cc2)cc1. The van der Waals surface area contributed by atoms with Gasteiger partial charge in [-0.2, -0.15) is 5.26 Å². The molecule has 4 aromatic rings. The summed E-state index contributed by atoms with van der Waals surface area (Å²) in [5.41, 5.74) is 5.98. The summed E-state index contributed by atoms with van der Waals surface area (Å²) in [5, 5.41) is 8.97. The van der Waals surface area contributed by atoms with Crippen molar-refractivity contribution in [2.24, 2.45) is 0 Å². The van der Waals surface area contributed by atoms with Crippen molar-refractivity contribution in [3.8, 4) is 28.7 Å². The monoisotopic (exact) mass is 360 g/mol. The summed E-state index contributed by atoms with van der Waals surface area (Å²) in [6, 6.07) is 34.4. The lowest BCUT2D eigenvalue weighted by Crippen LogP contribution is -2.15. The molecule has 0 amide bonds. The fraction of sp³-hybridized carbons (Fsp3) is 0. The van der Waals surface area contributed by atoms with Gasteiger partial charge in [-0.25, -0.2) is 0 Å². The molecular formula is C25H16N2O. The van der Waals surface area contributed by atoms with Gasteiger partial charge < -0.3 is 9.64 Å². The van der Waals surface area contributed by atoms with Crippen molar-refractivity contribution in [1.29, 1.82) is 5.26 Å². The van der Waals surface area contributed by atoms with Crippen LogP contribution in [0.2, 0.25) is 0 Å². The third kappa shape index (κ3) is 2.69. The van der Waals surface area contributed by atoms with Gasteiger partial charge in [0.25, 0.3) is 0 Å². The smallest absolute Gasteiger partial charge is 0.151 e. The number of anilines is 3.